The number of esters is 1. The average Bonchev–Trinajstić information content (AvgIpc) is 3.15. The second-order valence-electron chi connectivity index (χ2n) is 6.63. The van der Waals surface area contributed by atoms with Gasteiger partial charge in [0, 0.05) is 13.0 Å². The minimum Gasteiger partial charge on any atom is -0.453 e. The summed E-state index contributed by atoms with van der Waals surface area (Å²) in [4.78, 5) is 43.7. The summed E-state index contributed by atoms with van der Waals surface area (Å²) < 4.78 is 7.81. The number of Topliss-reactive ketones (excluding diaryl/α,β-unsaturated/α-hetero) is 1. The van der Waals surface area contributed by atoms with Crippen molar-refractivity contribution in [2.75, 3.05) is 6.61 Å². The Labute approximate surface area is 177 Å². The van der Waals surface area contributed by atoms with Gasteiger partial charge >= 0.3 is 5.97 Å². The van der Waals surface area contributed by atoms with Crippen molar-refractivity contribution in [2.45, 2.75) is 39.2 Å². The Hall–Kier alpha value is -1.84. The van der Waals surface area contributed by atoms with Crippen LogP contribution in [0.25, 0.3) is 10.2 Å². The lowest BCUT2D eigenvalue weighted by Crippen LogP contribution is -2.24. The van der Waals surface area contributed by atoms with Crippen molar-refractivity contribution in [3.63, 3.8) is 0 Å². The topological polar surface area (TPSA) is 78.3 Å². The molecule has 6 nitrogen and oxygen atoms in total. The molecule has 0 unspecified atom stereocenters. The molecule has 0 spiro atoms. The van der Waals surface area contributed by atoms with Gasteiger partial charge in [-0.05, 0) is 53.4 Å². The number of ketones is 1. The maximum atomic E-state index is 13.0. The van der Waals surface area contributed by atoms with Gasteiger partial charge in [-0.1, -0.05) is 6.42 Å². The SMILES string of the molecule is Cc1c(C(=O)OCC(=O)c2ccc(Br)s2)sc2nc3n(c(=O)c12)CCCCC3. The number of carbonyl (C=O) groups excluding carboxylic acids is 2. The fraction of sp³-hybridized carbons (Fsp3) is 0.368. The average molecular weight is 481 g/mol. The van der Waals surface area contributed by atoms with Crippen LogP contribution >= 0.6 is 38.6 Å². The summed E-state index contributed by atoms with van der Waals surface area (Å²) >= 11 is 5.76. The molecule has 28 heavy (non-hydrogen) atoms. The quantitative estimate of drug-likeness (QED) is 0.409. The molecule has 0 fully saturated rings. The monoisotopic (exact) mass is 480 g/mol. The van der Waals surface area contributed by atoms with Gasteiger partial charge in [0.1, 0.15) is 15.5 Å². The summed E-state index contributed by atoms with van der Waals surface area (Å²) in [5, 5.41) is 0.483. The van der Waals surface area contributed by atoms with Crippen molar-refractivity contribution in [3.05, 3.63) is 47.4 Å². The Kier molecular flexibility index (Phi) is 5.48. The predicted molar refractivity (Wildman–Crippen MR) is 113 cm³/mol. The van der Waals surface area contributed by atoms with Crippen LogP contribution in [-0.4, -0.2) is 27.9 Å². The Morgan fingerprint density at radius 1 is 1.25 bits per heavy atom. The van der Waals surface area contributed by atoms with E-state index in [0.29, 0.717) is 32.1 Å². The molecule has 0 atom stereocenters. The van der Waals surface area contributed by atoms with Crippen molar-refractivity contribution in [1.29, 1.82) is 0 Å². The third-order valence-electron chi connectivity index (χ3n) is 4.78. The number of fused-ring (bicyclic) bond motifs is 2. The van der Waals surface area contributed by atoms with E-state index in [9.17, 15) is 14.4 Å². The fourth-order valence-electron chi connectivity index (χ4n) is 3.34. The molecule has 9 heteroatoms. The van der Waals surface area contributed by atoms with E-state index in [4.69, 9.17) is 4.74 Å². The van der Waals surface area contributed by atoms with Crippen LogP contribution in [0.4, 0.5) is 0 Å². The molecule has 1 aliphatic heterocycles. The summed E-state index contributed by atoms with van der Waals surface area (Å²) in [5.41, 5.74) is 0.488. The highest BCUT2D eigenvalue weighted by Crippen LogP contribution is 2.29. The maximum absolute atomic E-state index is 13.0. The van der Waals surface area contributed by atoms with Gasteiger partial charge in [-0.3, -0.25) is 14.2 Å². The maximum Gasteiger partial charge on any atom is 0.349 e. The Balaban J connectivity index is 1.61. The third kappa shape index (κ3) is 3.58. The number of hydrogen-bond acceptors (Lipinski definition) is 7. The molecule has 0 radical (unpaired) electrons. The van der Waals surface area contributed by atoms with E-state index in [-0.39, 0.29) is 17.9 Å². The van der Waals surface area contributed by atoms with E-state index in [2.05, 4.69) is 20.9 Å². The molecular weight excluding hydrogens is 464 g/mol. The smallest absolute Gasteiger partial charge is 0.349 e. The molecule has 0 amide bonds. The molecule has 0 N–H and O–H groups in total. The molecule has 0 aliphatic carbocycles. The highest BCUT2D eigenvalue weighted by molar-refractivity contribution is 9.11. The summed E-state index contributed by atoms with van der Waals surface area (Å²) in [7, 11) is 0. The Morgan fingerprint density at radius 2 is 2.07 bits per heavy atom. The molecule has 3 aromatic heterocycles. The molecule has 146 valence electrons. The number of rotatable bonds is 4. The molecule has 4 heterocycles. The van der Waals surface area contributed by atoms with Gasteiger partial charge < -0.3 is 4.74 Å². The zero-order valence-electron chi connectivity index (χ0n) is 15.1. The second kappa shape index (κ2) is 7.88. The zero-order valence-corrected chi connectivity index (χ0v) is 18.3. The van der Waals surface area contributed by atoms with Crippen LogP contribution in [0.15, 0.2) is 20.7 Å². The largest absolute Gasteiger partial charge is 0.453 e. The van der Waals surface area contributed by atoms with Crippen LogP contribution in [0.1, 0.15) is 50.0 Å². The van der Waals surface area contributed by atoms with Crippen LogP contribution < -0.4 is 5.56 Å². The number of aryl methyl sites for hydroxylation is 2. The lowest BCUT2D eigenvalue weighted by Gasteiger charge is -2.08. The molecule has 1 aliphatic rings. The van der Waals surface area contributed by atoms with E-state index in [0.717, 1.165) is 46.6 Å². The van der Waals surface area contributed by atoms with Crippen molar-refractivity contribution in [1.82, 2.24) is 9.55 Å². The highest BCUT2D eigenvalue weighted by Gasteiger charge is 2.23. The summed E-state index contributed by atoms with van der Waals surface area (Å²) in [5.74, 6) is -0.0635. The Morgan fingerprint density at radius 3 is 2.82 bits per heavy atom. The van der Waals surface area contributed by atoms with Crippen molar-refractivity contribution < 1.29 is 14.3 Å². The van der Waals surface area contributed by atoms with Gasteiger partial charge in [-0.25, -0.2) is 9.78 Å². The molecular formula is C19H17BrN2O4S2. The van der Waals surface area contributed by atoms with Gasteiger partial charge in [-0.2, -0.15) is 0 Å². The van der Waals surface area contributed by atoms with Crippen LogP contribution in [-0.2, 0) is 17.7 Å². The molecule has 4 rings (SSSR count). The minimum atomic E-state index is -0.593. The predicted octanol–water partition coefficient (Wildman–Crippen LogP) is 4.36. The second-order valence-corrected chi connectivity index (χ2v) is 10.1. The van der Waals surface area contributed by atoms with E-state index < -0.39 is 5.97 Å². The molecule has 3 aromatic rings. The van der Waals surface area contributed by atoms with Crippen LogP contribution in [0, 0.1) is 6.92 Å². The summed E-state index contributed by atoms with van der Waals surface area (Å²) in [6, 6.07) is 3.46. The van der Waals surface area contributed by atoms with Crippen molar-refractivity contribution >= 4 is 60.6 Å². The number of thiophene rings is 2. The number of aromatic nitrogens is 2. The zero-order chi connectivity index (χ0) is 19.8. The first-order chi connectivity index (χ1) is 13.5. The normalized spacial score (nSPS) is 13.9. The van der Waals surface area contributed by atoms with Crippen molar-refractivity contribution in [3.8, 4) is 0 Å². The molecule has 0 bridgehead atoms. The van der Waals surface area contributed by atoms with E-state index in [1.165, 1.54) is 11.3 Å². The number of carbonyl (C=O) groups is 2. The first-order valence-corrected chi connectivity index (χ1v) is 11.4. The van der Waals surface area contributed by atoms with E-state index in [1.807, 2.05) is 0 Å². The van der Waals surface area contributed by atoms with Gasteiger partial charge in [-0.15, -0.1) is 22.7 Å². The van der Waals surface area contributed by atoms with Crippen molar-refractivity contribution in [2.24, 2.45) is 0 Å². The van der Waals surface area contributed by atoms with E-state index >= 15 is 0 Å². The van der Waals surface area contributed by atoms with Gasteiger partial charge in [0.15, 0.2) is 6.61 Å². The Bertz CT molecular complexity index is 1140. The number of ether oxygens (including phenoxy) is 1. The van der Waals surface area contributed by atoms with E-state index in [1.54, 1.807) is 23.6 Å². The minimum absolute atomic E-state index is 0.0887. The third-order valence-corrected chi connectivity index (χ3v) is 7.61. The van der Waals surface area contributed by atoms with Crippen LogP contribution in [0.3, 0.4) is 0 Å². The molecule has 0 saturated heterocycles. The van der Waals surface area contributed by atoms with Gasteiger partial charge in [0.2, 0.25) is 5.78 Å². The number of hydrogen-bond donors (Lipinski definition) is 0. The number of nitrogens with zero attached hydrogens (tertiary/aromatic N) is 2. The lowest BCUT2D eigenvalue weighted by molar-refractivity contribution is 0.0480. The fourth-order valence-corrected chi connectivity index (χ4v) is 5.73. The first kappa shape index (κ1) is 19.5. The summed E-state index contributed by atoms with van der Waals surface area (Å²) in [6.07, 6.45) is 3.83. The summed E-state index contributed by atoms with van der Waals surface area (Å²) in [6.45, 7) is 2.07. The molecule has 0 aromatic carbocycles. The van der Waals surface area contributed by atoms with Crippen LogP contribution in [0.5, 0.6) is 0 Å². The lowest BCUT2D eigenvalue weighted by atomic mass is 10.2. The van der Waals surface area contributed by atoms with Crippen LogP contribution in [0.2, 0.25) is 0 Å². The standard InChI is InChI=1S/C19H17BrN2O4S2/c1-10-15-17(21-14-5-3-2-4-8-22(14)18(15)24)28-16(10)19(25)26-9-11(23)12-6-7-13(20)27-12/h6-7H,2-5,8-9H2,1H3. The first-order valence-electron chi connectivity index (χ1n) is 8.94. The number of halogens is 1. The van der Waals surface area contributed by atoms with Gasteiger partial charge in [0.05, 0.1) is 14.0 Å². The van der Waals surface area contributed by atoms with Gasteiger partial charge in [0.25, 0.3) is 5.56 Å². The molecule has 0 saturated carbocycles. The highest BCUT2D eigenvalue weighted by atomic mass is 79.9.